The molecule has 0 aromatic heterocycles. The van der Waals surface area contributed by atoms with Crippen LogP contribution in [0.1, 0.15) is 24.9 Å². The molecule has 0 bridgehead atoms. The smallest absolute Gasteiger partial charge is 0.326 e. The first kappa shape index (κ1) is 20.2. The maximum absolute atomic E-state index is 12.8. The Morgan fingerprint density at radius 3 is 2.50 bits per heavy atom. The quantitative estimate of drug-likeness (QED) is 0.778. The van der Waals surface area contributed by atoms with Gasteiger partial charge >= 0.3 is 11.9 Å². The zero-order chi connectivity index (χ0) is 19.5. The number of likely N-dealkylation sites (tertiary alicyclic amines) is 1. The minimum atomic E-state index is -0.994. The molecule has 1 aliphatic heterocycles. The third-order valence-corrected chi connectivity index (χ3v) is 5.36. The molecule has 0 radical (unpaired) electrons. The maximum atomic E-state index is 12.8. The van der Waals surface area contributed by atoms with Crippen LogP contribution in [0.2, 0.25) is 5.02 Å². The van der Waals surface area contributed by atoms with E-state index in [1.54, 1.807) is 26.1 Å². The third-order valence-electron chi connectivity index (χ3n) is 5.01. The summed E-state index contributed by atoms with van der Waals surface area (Å²) in [5, 5.41) is 3.08. The molecule has 1 aromatic carbocycles. The van der Waals surface area contributed by atoms with Crippen molar-refractivity contribution >= 4 is 29.4 Å². The van der Waals surface area contributed by atoms with Crippen LogP contribution in [-0.2, 0) is 23.9 Å². The topological polar surface area (TPSA) is 84.9 Å². The van der Waals surface area contributed by atoms with E-state index in [1.165, 1.54) is 14.2 Å². The first-order valence-electron chi connectivity index (χ1n) is 8.16. The summed E-state index contributed by atoms with van der Waals surface area (Å²) < 4.78 is 9.50. The Balaban J connectivity index is 2.39. The van der Waals surface area contributed by atoms with E-state index >= 15 is 0 Å². The monoisotopic (exact) mass is 382 g/mol. The number of amides is 1. The van der Waals surface area contributed by atoms with Gasteiger partial charge in [-0.2, -0.15) is 0 Å². The van der Waals surface area contributed by atoms with Gasteiger partial charge in [0.25, 0.3) is 0 Å². The molecule has 3 atom stereocenters. The van der Waals surface area contributed by atoms with Gasteiger partial charge in [0.05, 0.1) is 20.1 Å². The lowest BCUT2D eigenvalue weighted by Gasteiger charge is -2.33. The van der Waals surface area contributed by atoms with E-state index in [0.29, 0.717) is 5.02 Å². The summed E-state index contributed by atoms with van der Waals surface area (Å²) in [5.74, 6) is -1.91. The number of ether oxygens (including phenoxy) is 2. The van der Waals surface area contributed by atoms with Crippen molar-refractivity contribution in [2.75, 3.05) is 27.8 Å². The van der Waals surface area contributed by atoms with Gasteiger partial charge in [0.1, 0.15) is 12.1 Å². The van der Waals surface area contributed by atoms with Gasteiger partial charge in [-0.15, -0.1) is 0 Å². The molecule has 1 N–H and O–H groups in total. The summed E-state index contributed by atoms with van der Waals surface area (Å²) in [4.78, 5) is 38.3. The van der Waals surface area contributed by atoms with Crippen LogP contribution in [0.4, 0.5) is 0 Å². The molecule has 142 valence electrons. The van der Waals surface area contributed by atoms with Gasteiger partial charge in [-0.3, -0.25) is 19.3 Å². The SMILES string of the molecule is COC(=O)CNC(=O)[C@H]1C[C@@](C)(C(=O)OC)N(C)[C@H]1c1ccccc1Cl. The Hall–Kier alpha value is -2.12. The number of hydrogen-bond donors (Lipinski definition) is 1. The van der Waals surface area contributed by atoms with Gasteiger partial charge in [-0.05, 0) is 32.0 Å². The van der Waals surface area contributed by atoms with Crippen LogP contribution >= 0.6 is 11.6 Å². The second-order valence-corrected chi connectivity index (χ2v) is 6.85. The van der Waals surface area contributed by atoms with Crippen molar-refractivity contribution in [3.63, 3.8) is 0 Å². The summed E-state index contributed by atoms with van der Waals surface area (Å²) in [6.07, 6.45) is 0.235. The zero-order valence-electron chi connectivity index (χ0n) is 15.2. The molecule has 0 saturated carbocycles. The van der Waals surface area contributed by atoms with Crippen LogP contribution in [0.25, 0.3) is 0 Å². The number of benzene rings is 1. The fourth-order valence-electron chi connectivity index (χ4n) is 3.45. The van der Waals surface area contributed by atoms with Gasteiger partial charge in [0, 0.05) is 11.1 Å². The molecule has 26 heavy (non-hydrogen) atoms. The molecule has 0 unspecified atom stereocenters. The van der Waals surface area contributed by atoms with Crippen molar-refractivity contribution < 1.29 is 23.9 Å². The van der Waals surface area contributed by atoms with E-state index in [0.717, 1.165) is 5.56 Å². The predicted octanol–water partition coefficient (Wildman–Crippen LogP) is 1.55. The van der Waals surface area contributed by atoms with Gasteiger partial charge in [0.2, 0.25) is 5.91 Å². The van der Waals surface area contributed by atoms with E-state index in [4.69, 9.17) is 16.3 Å². The lowest BCUT2D eigenvalue weighted by atomic mass is 9.89. The standard InChI is InChI=1S/C18H23ClN2O5/c1-18(17(24)26-4)9-12(16(23)20-10-14(22)25-3)15(21(18)2)11-7-5-6-8-13(11)19/h5-8,12,15H,9-10H2,1-4H3,(H,20,23)/t12-,15-,18-/m0/s1. The van der Waals surface area contributed by atoms with E-state index in [9.17, 15) is 14.4 Å². The summed E-state index contributed by atoms with van der Waals surface area (Å²) in [6, 6.07) is 6.75. The molecule has 1 aromatic rings. The Morgan fingerprint density at radius 1 is 1.27 bits per heavy atom. The summed E-state index contributed by atoms with van der Waals surface area (Å²) in [6.45, 7) is 1.50. The number of rotatable bonds is 5. The molecule has 7 nitrogen and oxygen atoms in total. The van der Waals surface area contributed by atoms with Gasteiger partial charge in [-0.25, -0.2) is 0 Å². The summed E-state index contributed by atoms with van der Waals surface area (Å²) in [5.41, 5.74) is -0.256. The van der Waals surface area contributed by atoms with Crippen LogP contribution < -0.4 is 5.32 Å². The zero-order valence-corrected chi connectivity index (χ0v) is 16.0. The number of nitrogens with zero attached hydrogens (tertiary/aromatic N) is 1. The molecule has 0 aliphatic carbocycles. The van der Waals surface area contributed by atoms with Gasteiger partial charge < -0.3 is 14.8 Å². The van der Waals surface area contributed by atoms with E-state index in [2.05, 4.69) is 10.1 Å². The molecular formula is C18H23ClN2O5. The fourth-order valence-corrected chi connectivity index (χ4v) is 3.69. The van der Waals surface area contributed by atoms with Crippen molar-refractivity contribution in [2.24, 2.45) is 5.92 Å². The molecular weight excluding hydrogens is 360 g/mol. The van der Waals surface area contributed by atoms with Crippen LogP contribution in [-0.4, -0.2) is 56.1 Å². The molecule has 8 heteroatoms. The van der Waals surface area contributed by atoms with Crippen LogP contribution in [0.3, 0.4) is 0 Å². The average Bonchev–Trinajstić information content (AvgIpc) is 2.91. The highest BCUT2D eigenvalue weighted by Gasteiger charge is 2.55. The number of nitrogens with one attached hydrogen (secondary N) is 1. The highest BCUT2D eigenvalue weighted by molar-refractivity contribution is 6.31. The van der Waals surface area contributed by atoms with Crippen molar-refractivity contribution in [1.29, 1.82) is 0 Å². The lowest BCUT2D eigenvalue weighted by Crippen LogP contribution is -2.47. The highest BCUT2D eigenvalue weighted by atomic mass is 35.5. The number of halogens is 1. The minimum absolute atomic E-state index is 0.235. The van der Waals surface area contributed by atoms with Crippen molar-refractivity contribution in [2.45, 2.75) is 24.9 Å². The molecule has 0 spiro atoms. The Kier molecular flexibility index (Phi) is 6.26. The van der Waals surface area contributed by atoms with Gasteiger partial charge in [-0.1, -0.05) is 29.8 Å². The van der Waals surface area contributed by atoms with Crippen LogP contribution in [0.5, 0.6) is 0 Å². The molecule has 1 aliphatic rings. The van der Waals surface area contributed by atoms with Crippen LogP contribution in [0.15, 0.2) is 24.3 Å². The highest BCUT2D eigenvalue weighted by Crippen LogP contribution is 2.47. The molecule has 1 fully saturated rings. The van der Waals surface area contributed by atoms with Crippen molar-refractivity contribution in [3.8, 4) is 0 Å². The largest absolute Gasteiger partial charge is 0.468 e. The summed E-state index contributed by atoms with van der Waals surface area (Å²) in [7, 11) is 4.33. The number of likely N-dealkylation sites (N-methyl/N-ethyl adjacent to an activating group) is 1. The summed E-state index contributed by atoms with van der Waals surface area (Å²) >= 11 is 6.35. The number of carbonyl (C=O) groups is 3. The van der Waals surface area contributed by atoms with E-state index in [-0.39, 0.29) is 18.9 Å². The third kappa shape index (κ3) is 3.68. The number of esters is 2. The second kappa shape index (κ2) is 8.05. The first-order chi connectivity index (χ1) is 12.3. The van der Waals surface area contributed by atoms with Gasteiger partial charge in [0.15, 0.2) is 0 Å². The number of carbonyl (C=O) groups excluding carboxylic acids is 3. The van der Waals surface area contributed by atoms with Crippen molar-refractivity contribution in [3.05, 3.63) is 34.9 Å². The fraction of sp³-hybridized carbons (Fsp3) is 0.500. The maximum Gasteiger partial charge on any atom is 0.326 e. The van der Waals surface area contributed by atoms with E-state index < -0.39 is 29.4 Å². The Morgan fingerprint density at radius 2 is 1.92 bits per heavy atom. The van der Waals surface area contributed by atoms with Crippen LogP contribution in [0, 0.1) is 5.92 Å². The Bertz CT molecular complexity index is 711. The predicted molar refractivity (Wildman–Crippen MR) is 95.5 cm³/mol. The second-order valence-electron chi connectivity index (χ2n) is 6.45. The molecule has 1 amide bonds. The number of methoxy groups -OCH3 is 2. The minimum Gasteiger partial charge on any atom is -0.468 e. The van der Waals surface area contributed by atoms with Crippen molar-refractivity contribution in [1.82, 2.24) is 10.2 Å². The first-order valence-corrected chi connectivity index (χ1v) is 8.54. The molecule has 2 rings (SSSR count). The number of hydrogen-bond acceptors (Lipinski definition) is 6. The normalized spacial score (nSPS) is 25.6. The Labute approximate surface area is 157 Å². The average molecular weight is 383 g/mol. The lowest BCUT2D eigenvalue weighted by molar-refractivity contribution is -0.152. The molecule has 1 saturated heterocycles. The van der Waals surface area contributed by atoms with E-state index in [1.807, 2.05) is 17.0 Å². The molecule has 1 heterocycles.